The van der Waals surface area contributed by atoms with E-state index >= 15 is 0 Å². The van der Waals surface area contributed by atoms with Crippen LogP contribution >= 0.6 is 0 Å². The molecular formula is C26H38N4. The van der Waals surface area contributed by atoms with Gasteiger partial charge in [0.25, 0.3) is 0 Å². The first-order valence-corrected chi connectivity index (χ1v) is 11.4. The second kappa shape index (κ2) is 7.57. The Bertz CT molecular complexity index is 1110. The molecule has 0 bridgehead atoms. The predicted octanol–water partition coefficient (Wildman–Crippen LogP) is 7.75. The zero-order valence-electron chi connectivity index (χ0n) is 19.2. The number of aromatic nitrogens is 4. The van der Waals surface area contributed by atoms with Crippen molar-refractivity contribution >= 4 is 22.1 Å². The van der Waals surface area contributed by atoms with Gasteiger partial charge >= 0.3 is 0 Å². The molecule has 4 nitrogen and oxygen atoms in total. The molecule has 30 heavy (non-hydrogen) atoms. The van der Waals surface area contributed by atoms with E-state index in [1.165, 1.54) is 5.56 Å². The molecule has 162 valence electrons. The van der Waals surface area contributed by atoms with Gasteiger partial charge in [-0.15, -0.1) is 0 Å². The van der Waals surface area contributed by atoms with E-state index in [4.69, 9.17) is 9.97 Å². The van der Waals surface area contributed by atoms with Crippen LogP contribution < -0.4 is 0 Å². The van der Waals surface area contributed by atoms with Gasteiger partial charge in [-0.1, -0.05) is 65.8 Å². The van der Waals surface area contributed by atoms with Gasteiger partial charge in [-0.25, -0.2) is 9.97 Å². The van der Waals surface area contributed by atoms with Gasteiger partial charge in [0.05, 0.1) is 22.1 Å². The average Bonchev–Trinajstić information content (AvgIpc) is 3.39. The molecule has 2 aromatic carbocycles. The molecular weight excluding hydrogens is 368 g/mol. The Morgan fingerprint density at radius 2 is 1.30 bits per heavy atom. The van der Waals surface area contributed by atoms with Gasteiger partial charge in [0.1, 0.15) is 11.6 Å². The summed E-state index contributed by atoms with van der Waals surface area (Å²) in [5, 5.41) is 0. The fourth-order valence-corrected chi connectivity index (χ4v) is 4.21. The van der Waals surface area contributed by atoms with Crippen LogP contribution in [0.4, 0.5) is 0 Å². The van der Waals surface area contributed by atoms with E-state index in [-0.39, 0.29) is 13.7 Å². The SMILES string of the molecule is CCC(C)(CC)c1ccc(-c2nc3cc4nc(C(C)(CC)CC)[nH]c4cc3[nH]2)cc1.[HH].[HH]. The number of fused-ring (bicyclic) bond motifs is 2. The highest BCUT2D eigenvalue weighted by Gasteiger charge is 2.26. The molecule has 0 fully saturated rings. The molecule has 4 heteroatoms. The van der Waals surface area contributed by atoms with Crippen LogP contribution in [0.3, 0.4) is 0 Å². The lowest BCUT2D eigenvalue weighted by atomic mass is 9.78. The van der Waals surface area contributed by atoms with Crippen LogP contribution in [0.15, 0.2) is 36.4 Å². The number of rotatable bonds is 7. The number of H-pyrrole nitrogens is 2. The molecule has 4 aromatic rings. The molecule has 0 atom stereocenters. The fourth-order valence-electron chi connectivity index (χ4n) is 4.21. The highest BCUT2D eigenvalue weighted by Crippen LogP contribution is 2.34. The van der Waals surface area contributed by atoms with Crippen LogP contribution in [0.25, 0.3) is 33.5 Å². The Morgan fingerprint density at radius 1 is 0.733 bits per heavy atom. The summed E-state index contributed by atoms with van der Waals surface area (Å²) in [5.41, 5.74) is 6.88. The molecule has 0 amide bonds. The fraction of sp³-hybridized carbons (Fsp3) is 0.462. The summed E-state index contributed by atoms with van der Waals surface area (Å²) in [5.74, 6) is 1.98. The largest absolute Gasteiger partial charge is 0.341 e. The van der Waals surface area contributed by atoms with Crippen molar-refractivity contribution in [3.05, 3.63) is 47.8 Å². The maximum absolute atomic E-state index is 4.91. The number of benzene rings is 2. The summed E-state index contributed by atoms with van der Waals surface area (Å²) in [7, 11) is 0. The molecule has 0 unspecified atom stereocenters. The number of nitrogens with one attached hydrogen (secondary N) is 2. The Kier molecular flexibility index (Phi) is 5.21. The molecule has 0 spiro atoms. The molecule has 0 aliphatic rings. The molecule has 2 N–H and O–H groups in total. The minimum absolute atomic E-state index is 0. The van der Waals surface area contributed by atoms with Crippen molar-refractivity contribution in [3.63, 3.8) is 0 Å². The second-order valence-electron chi connectivity index (χ2n) is 9.17. The van der Waals surface area contributed by atoms with E-state index in [9.17, 15) is 0 Å². The van der Waals surface area contributed by atoms with Crippen LogP contribution in [0.1, 0.15) is 81.5 Å². The number of hydrogen-bond donors (Lipinski definition) is 2. The number of hydrogen-bond acceptors (Lipinski definition) is 2. The predicted molar refractivity (Wildman–Crippen MR) is 131 cm³/mol. The molecule has 0 aliphatic carbocycles. The Morgan fingerprint density at radius 3 is 1.90 bits per heavy atom. The normalized spacial score (nSPS) is 12.9. The first-order valence-electron chi connectivity index (χ1n) is 11.4. The van der Waals surface area contributed by atoms with E-state index in [2.05, 4.69) is 87.9 Å². The average molecular weight is 407 g/mol. The van der Waals surface area contributed by atoms with Crippen LogP contribution in [-0.4, -0.2) is 19.9 Å². The summed E-state index contributed by atoms with van der Waals surface area (Å²) in [6.45, 7) is 13.6. The monoisotopic (exact) mass is 406 g/mol. The number of aromatic amines is 2. The molecule has 0 radical (unpaired) electrons. The third kappa shape index (κ3) is 3.32. The van der Waals surface area contributed by atoms with Gasteiger partial charge in [0.15, 0.2) is 0 Å². The number of imidazole rings is 2. The zero-order chi connectivity index (χ0) is 21.5. The van der Waals surface area contributed by atoms with Crippen LogP contribution in [0.5, 0.6) is 0 Å². The van der Waals surface area contributed by atoms with Crippen molar-refractivity contribution in [2.45, 2.75) is 78.1 Å². The van der Waals surface area contributed by atoms with Gasteiger partial charge in [0, 0.05) is 13.8 Å². The smallest absolute Gasteiger partial charge is 0.138 e. The van der Waals surface area contributed by atoms with Crippen molar-refractivity contribution in [1.82, 2.24) is 19.9 Å². The summed E-state index contributed by atoms with van der Waals surface area (Å²) >= 11 is 0. The van der Waals surface area contributed by atoms with Gasteiger partial charge in [-0.3, -0.25) is 0 Å². The summed E-state index contributed by atoms with van der Waals surface area (Å²) in [6, 6.07) is 13.1. The molecule has 2 aromatic heterocycles. The zero-order valence-corrected chi connectivity index (χ0v) is 19.2. The van der Waals surface area contributed by atoms with Crippen LogP contribution in [0, 0.1) is 0 Å². The van der Waals surface area contributed by atoms with E-state index in [0.29, 0.717) is 0 Å². The lowest BCUT2D eigenvalue weighted by Gasteiger charge is -2.27. The van der Waals surface area contributed by atoms with E-state index in [1.54, 1.807) is 0 Å². The minimum atomic E-state index is 0. The van der Waals surface area contributed by atoms with Gasteiger partial charge < -0.3 is 9.97 Å². The van der Waals surface area contributed by atoms with Gasteiger partial charge in [-0.2, -0.15) is 0 Å². The Balaban J connectivity index is 0.00000181. The van der Waals surface area contributed by atoms with E-state index < -0.39 is 0 Å². The first-order chi connectivity index (χ1) is 14.4. The van der Waals surface area contributed by atoms with Gasteiger partial charge in [-0.05, 0) is 48.8 Å². The standard InChI is InChI=1S/C26H34N4.2H2/c1-7-25(5,8-2)18-13-11-17(12-14-18)23-27-19-15-21-22(16-20(19)28-23)30-24(29-21)26(6,9-3)10-4;;/h11-16H,7-10H2,1-6H3,(H,27,28)(H,29,30);2*1H. The number of nitrogens with zero attached hydrogens (tertiary/aromatic N) is 2. The van der Waals surface area contributed by atoms with Crippen molar-refractivity contribution < 1.29 is 2.85 Å². The van der Waals surface area contributed by atoms with E-state index in [0.717, 1.165) is 65.0 Å². The third-order valence-corrected chi connectivity index (χ3v) is 7.63. The highest BCUT2D eigenvalue weighted by atomic mass is 15.0. The lowest BCUT2D eigenvalue weighted by Crippen LogP contribution is -2.21. The van der Waals surface area contributed by atoms with Crippen molar-refractivity contribution in [2.75, 3.05) is 0 Å². The lowest BCUT2D eigenvalue weighted by molar-refractivity contribution is 0.416. The third-order valence-electron chi connectivity index (χ3n) is 7.63. The Labute approximate surface area is 182 Å². The van der Waals surface area contributed by atoms with Crippen LogP contribution in [0.2, 0.25) is 0 Å². The summed E-state index contributed by atoms with van der Waals surface area (Å²) in [6.07, 6.45) is 4.41. The summed E-state index contributed by atoms with van der Waals surface area (Å²) < 4.78 is 0. The quantitative estimate of drug-likeness (QED) is 0.329. The van der Waals surface area contributed by atoms with E-state index in [1.807, 2.05) is 0 Å². The minimum Gasteiger partial charge on any atom is -0.341 e. The van der Waals surface area contributed by atoms with Gasteiger partial charge in [0.2, 0.25) is 0 Å². The Hall–Kier alpha value is -2.62. The maximum atomic E-state index is 4.91. The first kappa shape index (κ1) is 20.6. The molecule has 0 saturated heterocycles. The molecule has 0 saturated carbocycles. The molecule has 4 rings (SSSR count). The maximum Gasteiger partial charge on any atom is 0.138 e. The van der Waals surface area contributed by atoms with Crippen molar-refractivity contribution in [1.29, 1.82) is 0 Å². The second-order valence-corrected chi connectivity index (χ2v) is 9.17. The highest BCUT2D eigenvalue weighted by molar-refractivity contribution is 5.92. The summed E-state index contributed by atoms with van der Waals surface area (Å²) in [4.78, 5) is 16.8. The van der Waals surface area contributed by atoms with Crippen molar-refractivity contribution in [2.24, 2.45) is 0 Å². The van der Waals surface area contributed by atoms with Crippen LogP contribution in [-0.2, 0) is 10.8 Å². The topological polar surface area (TPSA) is 57.4 Å². The molecule has 2 heterocycles. The molecule has 0 aliphatic heterocycles. The van der Waals surface area contributed by atoms with Crippen molar-refractivity contribution in [3.8, 4) is 11.4 Å².